The minimum Gasteiger partial charge on any atom is -0.478 e. The van der Waals surface area contributed by atoms with Gasteiger partial charge in [0.2, 0.25) is 0 Å². The number of anilines is 1. The van der Waals surface area contributed by atoms with Gasteiger partial charge in [-0.2, -0.15) is 0 Å². The Kier molecular flexibility index (Phi) is 6.66. The second kappa shape index (κ2) is 9.79. The fourth-order valence-corrected chi connectivity index (χ4v) is 4.30. The van der Waals surface area contributed by atoms with Gasteiger partial charge in [0.15, 0.2) is 0 Å². The molecule has 3 aromatic rings. The van der Waals surface area contributed by atoms with E-state index in [0.29, 0.717) is 18.5 Å². The molecule has 0 unspecified atom stereocenters. The summed E-state index contributed by atoms with van der Waals surface area (Å²) in [7, 11) is 0. The number of fused-ring (bicyclic) bond motifs is 3. The normalized spacial score (nSPS) is 12.4. The highest BCUT2D eigenvalue weighted by molar-refractivity contribution is 6.31. The van der Waals surface area contributed by atoms with Crippen molar-refractivity contribution in [3.63, 3.8) is 0 Å². The van der Waals surface area contributed by atoms with Gasteiger partial charge in [-0.05, 0) is 46.4 Å². The molecule has 4 rings (SSSR count). The molecular formula is C26H23ClN2O4. The number of hydrogen-bond acceptors (Lipinski definition) is 4. The van der Waals surface area contributed by atoms with Crippen LogP contribution >= 0.6 is 11.6 Å². The number of aromatic carboxylic acids is 1. The smallest absolute Gasteiger partial charge is 0.407 e. The van der Waals surface area contributed by atoms with Crippen molar-refractivity contribution in [3.8, 4) is 11.1 Å². The minimum atomic E-state index is -1.14. The predicted octanol–water partition coefficient (Wildman–Crippen LogP) is 5.56. The quantitative estimate of drug-likeness (QED) is 0.315. The zero-order valence-corrected chi connectivity index (χ0v) is 18.5. The van der Waals surface area contributed by atoms with Gasteiger partial charge in [-0.1, -0.05) is 72.3 Å². The molecular weight excluding hydrogens is 440 g/mol. The van der Waals surface area contributed by atoms with Crippen molar-refractivity contribution < 1.29 is 19.4 Å². The van der Waals surface area contributed by atoms with Gasteiger partial charge in [0.1, 0.15) is 6.61 Å². The first-order valence-corrected chi connectivity index (χ1v) is 10.9. The monoisotopic (exact) mass is 462 g/mol. The number of rotatable bonds is 7. The van der Waals surface area contributed by atoms with E-state index in [2.05, 4.69) is 29.6 Å². The van der Waals surface area contributed by atoms with Gasteiger partial charge in [0.25, 0.3) is 0 Å². The van der Waals surface area contributed by atoms with Gasteiger partial charge in [-0.3, -0.25) is 0 Å². The van der Waals surface area contributed by atoms with E-state index in [4.69, 9.17) is 22.1 Å². The molecule has 33 heavy (non-hydrogen) atoms. The van der Waals surface area contributed by atoms with E-state index in [1.807, 2.05) is 24.3 Å². The first-order valence-electron chi connectivity index (χ1n) is 10.5. The lowest BCUT2D eigenvalue weighted by Crippen LogP contribution is -2.26. The predicted molar refractivity (Wildman–Crippen MR) is 130 cm³/mol. The Bertz CT molecular complexity index is 1190. The van der Waals surface area contributed by atoms with Crippen molar-refractivity contribution in [1.82, 2.24) is 5.32 Å². The van der Waals surface area contributed by atoms with Gasteiger partial charge in [0, 0.05) is 17.5 Å². The Balaban J connectivity index is 1.30. The lowest BCUT2D eigenvalue weighted by atomic mass is 9.98. The third-order valence-corrected chi connectivity index (χ3v) is 5.85. The van der Waals surface area contributed by atoms with Crippen LogP contribution in [0.4, 0.5) is 10.5 Å². The van der Waals surface area contributed by atoms with Crippen molar-refractivity contribution in [2.75, 3.05) is 18.9 Å². The van der Waals surface area contributed by atoms with Gasteiger partial charge in [-0.15, -0.1) is 0 Å². The zero-order chi connectivity index (χ0) is 23.4. The number of ether oxygens (including phenoxy) is 1. The number of amides is 1. The van der Waals surface area contributed by atoms with Crippen molar-refractivity contribution in [1.29, 1.82) is 0 Å². The number of hydrogen-bond donors (Lipinski definition) is 3. The van der Waals surface area contributed by atoms with E-state index >= 15 is 0 Å². The van der Waals surface area contributed by atoms with Crippen LogP contribution in [0.5, 0.6) is 0 Å². The summed E-state index contributed by atoms with van der Waals surface area (Å²) in [5.74, 6) is -1.13. The molecule has 0 aliphatic heterocycles. The average molecular weight is 463 g/mol. The summed E-state index contributed by atoms with van der Waals surface area (Å²) in [5.41, 5.74) is 11.2. The molecule has 6 nitrogen and oxygen atoms in total. The zero-order valence-electron chi connectivity index (χ0n) is 17.8. The number of halogens is 1. The number of alkyl carbamates (subject to hydrolysis) is 1. The van der Waals surface area contributed by atoms with Crippen LogP contribution in [-0.2, 0) is 4.74 Å². The maximum absolute atomic E-state index is 12.2. The molecule has 4 N–H and O–H groups in total. The van der Waals surface area contributed by atoms with Gasteiger partial charge in [0.05, 0.1) is 11.3 Å². The van der Waals surface area contributed by atoms with E-state index in [-0.39, 0.29) is 28.8 Å². The summed E-state index contributed by atoms with van der Waals surface area (Å²) in [6.45, 7) is 0.617. The van der Waals surface area contributed by atoms with E-state index in [0.717, 1.165) is 11.1 Å². The van der Waals surface area contributed by atoms with Gasteiger partial charge >= 0.3 is 12.1 Å². The Morgan fingerprint density at radius 2 is 1.70 bits per heavy atom. The van der Waals surface area contributed by atoms with Crippen molar-refractivity contribution in [3.05, 3.63) is 94.0 Å². The molecule has 0 atom stereocenters. The molecule has 1 amide bonds. The van der Waals surface area contributed by atoms with Crippen LogP contribution < -0.4 is 11.1 Å². The van der Waals surface area contributed by atoms with Crippen LogP contribution in [0.2, 0.25) is 5.02 Å². The first kappa shape index (κ1) is 22.4. The third-order valence-electron chi connectivity index (χ3n) is 5.63. The molecule has 3 aromatic carbocycles. The van der Waals surface area contributed by atoms with Crippen molar-refractivity contribution in [2.24, 2.45) is 0 Å². The molecule has 168 valence electrons. The summed E-state index contributed by atoms with van der Waals surface area (Å²) >= 11 is 5.97. The molecule has 0 heterocycles. The van der Waals surface area contributed by atoms with Crippen LogP contribution in [0.15, 0.2) is 66.7 Å². The van der Waals surface area contributed by atoms with Crippen LogP contribution in [0, 0.1) is 0 Å². The van der Waals surface area contributed by atoms with Crippen molar-refractivity contribution in [2.45, 2.75) is 12.3 Å². The van der Waals surface area contributed by atoms with Crippen LogP contribution in [-0.4, -0.2) is 30.3 Å². The number of nitrogen functional groups attached to an aromatic ring is 1. The highest BCUT2D eigenvalue weighted by atomic mass is 35.5. The van der Waals surface area contributed by atoms with Crippen molar-refractivity contribution >= 4 is 35.4 Å². The lowest BCUT2D eigenvalue weighted by Gasteiger charge is -2.14. The number of nitrogens with two attached hydrogens (primary N) is 1. The van der Waals surface area contributed by atoms with E-state index in [1.54, 1.807) is 18.2 Å². The molecule has 0 saturated carbocycles. The van der Waals surface area contributed by atoms with Crippen LogP contribution in [0.25, 0.3) is 17.2 Å². The molecule has 0 aromatic heterocycles. The number of carbonyl (C=O) groups excluding carboxylic acids is 1. The molecule has 0 bridgehead atoms. The fraction of sp³-hybridized carbons (Fsp3) is 0.154. The summed E-state index contributed by atoms with van der Waals surface area (Å²) in [6.07, 6.45) is 3.50. The first-order chi connectivity index (χ1) is 16.0. The fourth-order valence-electron chi connectivity index (χ4n) is 4.07. The maximum atomic E-state index is 12.2. The Hall–Kier alpha value is -3.77. The average Bonchev–Trinajstić information content (AvgIpc) is 3.13. The highest BCUT2D eigenvalue weighted by Gasteiger charge is 2.28. The molecule has 0 saturated heterocycles. The number of benzene rings is 3. The van der Waals surface area contributed by atoms with E-state index in [9.17, 15) is 14.7 Å². The lowest BCUT2D eigenvalue weighted by molar-refractivity contribution is 0.0698. The Labute approximate surface area is 196 Å². The molecule has 7 heteroatoms. The molecule has 0 fully saturated rings. The van der Waals surface area contributed by atoms with E-state index in [1.165, 1.54) is 17.2 Å². The second-order valence-electron chi connectivity index (χ2n) is 7.70. The highest BCUT2D eigenvalue weighted by Crippen LogP contribution is 2.44. The standard InChI is InChI=1S/C26H23ClN2O4/c27-17-13-16(24(28)22(14-17)25(30)31)7-5-6-12-29-26(32)33-15-23-20-10-3-1-8-18(20)19-9-2-4-11-21(19)23/h1-5,7-11,13-14,23H,6,12,15,28H2,(H,29,32)(H,30,31). The maximum Gasteiger partial charge on any atom is 0.407 e. The largest absolute Gasteiger partial charge is 0.478 e. The summed E-state index contributed by atoms with van der Waals surface area (Å²) in [5, 5.41) is 12.2. The Morgan fingerprint density at radius 3 is 2.33 bits per heavy atom. The number of nitrogens with one attached hydrogen (secondary N) is 1. The number of carboxylic acid groups (broad SMARTS) is 1. The molecule has 0 radical (unpaired) electrons. The molecule has 1 aliphatic rings. The SMILES string of the molecule is Nc1c(C=CCCNC(=O)OCC2c3ccccc3-c3ccccc32)cc(Cl)cc1C(=O)O. The van der Waals surface area contributed by atoms with Gasteiger partial charge < -0.3 is 20.9 Å². The summed E-state index contributed by atoms with van der Waals surface area (Å²) < 4.78 is 5.50. The third kappa shape index (κ3) is 4.86. The summed E-state index contributed by atoms with van der Waals surface area (Å²) in [4.78, 5) is 23.5. The van der Waals surface area contributed by atoms with Crippen LogP contribution in [0.3, 0.4) is 0 Å². The minimum absolute atomic E-state index is 0.0114. The topological polar surface area (TPSA) is 102 Å². The van der Waals surface area contributed by atoms with Crippen LogP contribution in [0.1, 0.15) is 39.4 Å². The number of carbonyl (C=O) groups is 2. The van der Waals surface area contributed by atoms with E-state index < -0.39 is 12.1 Å². The molecule has 0 spiro atoms. The Morgan fingerprint density at radius 1 is 1.06 bits per heavy atom. The van der Waals surface area contributed by atoms with Gasteiger partial charge in [-0.25, -0.2) is 9.59 Å². The summed E-state index contributed by atoms with van der Waals surface area (Å²) in [6, 6.07) is 19.3. The molecule has 1 aliphatic carbocycles. The number of carboxylic acids is 1. The second-order valence-corrected chi connectivity index (χ2v) is 8.14.